The van der Waals surface area contributed by atoms with Crippen LogP contribution in [0.15, 0.2) is 42.7 Å². The lowest BCUT2D eigenvalue weighted by Crippen LogP contribution is -2.45. The molecule has 0 saturated carbocycles. The second-order valence-electron chi connectivity index (χ2n) is 9.38. The van der Waals surface area contributed by atoms with E-state index < -0.39 is 17.8 Å². The van der Waals surface area contributed by atoms with Crippen LogP contribution in [-0.2, 0) is 4.74 Å². The van der Waals surface area contributed by atoms with Crippen molar-refractivity contribution < 1.29 is 23.9 Å². The van der Waals surface area contributed by atoms with Gasteiger partial charge in [0, 0.05) is 37.0 Å². The van der Waals surface area contributed by atoms with Crippen molar-refractivity contribution in [1.29, 1.82) is 0 Å². The van der Waals surface area contributed by atoms with Gasteiger partial charge in [-0.15, -0.1) is 0 Å². The first kappa shape index (κ1) is 25.0. The summed E-state index contributed by atoms with van der Waals surface area (Å²) in [6.45, 7) is 9.91. The highest BCUT2D eigenvalue weighted by Gasteiger charge is 2.30. The lowest BCUT2D eigenvalue weighted by molar-refractivity contribution is 0.0472. The number of para-hydroxylation sites is 1. The van der Waals surface area contributed by atoms with Gasteiger partial charge < -0.3 is 25.0 Å². The fraction of sp³-hybridized carbons (Fsp3) is 0.440. The molecule has 2 heterocycles. The molecule has 0 bridgehead atoms. The third-order valence-electron chi connectivity index (χ3n) is 5.17. The molecule has 182 valence electrons. The average molecular weight is 469 g/mol. The molecule has 0 spiro atoms. The van der Waals surface area contributed by atoms with Gasteiger partial charge in [0.1, 0.15) is 11.7 Å². The zero-order valence-electron chi connectivity index (χ0n) is 20.3. The molecule has 0 radical (unpaired) electrons. The lowest BCUT2D eigenvalue weighted by Gasteiger charge is -2.33. The van der Waals surface area contributed by atoms with Gasteiger partial charge in [0.05, 0.1) is 17.8 Å². The van der Waals surface area contributed by atoms with Crippen molar-refractivity contribution in [2.45, 2.75) is 58.8 Å². The predicted octanol–water partition coefficient (Wildman–Crippen LogP) is 3.86. The van der Waals surface area contributed by atoms with Gasteiger partial charge in [0.2, 0.25) is 0 Å². The SMILES string of the molecule is CC(C)N1CC[C@@H](CNC(=O)OC(C)(C)C)Oc2c(NC(=O)c3ccncc3)cccc2C1=O. The van der Waals surface area contributed by atoms with Gasteiger partial charge in [-0.3, -0.25) is 14.6 Å². The Morgan fingerprint density at radius 1 is 1.21 bits per heavy atom. The molecule has 2 aromatic rings. The van der Waals surface area contributed by atoms with Crippen molar-refractivity contribution in [3.05, 3.63) is 53.9 Å². The van der Waals surface area contributed by atoms with Crippen LogP contribution in [0.2, 0.25) is 0 Å². The molecule has 1 atom stereocenters. The molecule has 2 N–H and O–H groups in total. The highest BCUT2D eigenvalue weighted by Crippen LogP contribution is 2.33. The number of ether oxygens (including phenoxy) is 2. The average Bonchev–Trinajstić information content (AvgIpc) is 2.76. The Balaban J connectivity index is 1.89. The number of nitrogens with one attached hydrogen (secondary N) is 2. The Labute approximate surface area is 199 Å². The van der Waals surface area contributed by atoms with Crippen LogP contribution < -0.4 is 15.4 Å². The first-order valence-corrected chi connectivity index (χ1v) is 11.3. The third-order valence-corrected chi connectivity index (χ3v) is 5.17. The molecule has 9 nitrogen and oxygen atoms in total. The fourth-order valence-corrected chi connectivity index (χ4v) is 3.54. The highest BCUT2D eigenvalue weighted by atomic mass is 16.6. The number of fused-ring (bicyclic) bond motifs is 1. The summed E-state index contributed by atoms with van der Waals surface area (Å²) in [4.78, 5) is 43.9. The molecule has 3 amide bonds. The number of nitrogens with zero attached hydrogens (tertiary/aromatic N) is 2. The Morgan fingerprint density at radius 2 is 1.91 bits per heavy atom. The number of hydrogen-bond acceptors (Lipinski definition) is 6. The molecule has 0 aliphatic carbocycles. The number of carbonyl (C=O) groups excluding carboxylic acids is 3. The van der Waals surface area contributed by atoms with E-state index in [-0.39, 0.29) is 30.2 Å². The molecule has 1 aliphatic heterocycles. The van der Waals surface area contributed by atoms with Crippen molar-refractivity contribution in [1.82, 2.24) is 15.2 Å². The number of anilines is 1. The molecule has 1 aromatic heterocycles. The van der Waals surface area contributed by atoms with Crippen molar-refractivity contribution in [2.24, 2.45) is 0 Å². The first-order chi connectivity index (χ1) is 16.0. The summed E-state index contributed by atoms with van der Waals surface area (Å²) in [7, 11) is 0. The van der Waals surface area contributed by atoms with Gasteiger partial charge in [-0.1, -0.05) is 6.07 Å². The number of rotatable bonds is 5. The number of hydrogen-bond donors (Lipinski definition) is 2. The maximum absolute atomic E-state index is 13.3. The van der Waals surface area contributed by atoms with Crippen molar-refractivity contribution in [3.63, 3.8) is 0 Å². The number of pyridine rings is 1. The van der Waals surface area contributed by atoms with Crippen LogP contribution in [0.1, 0.15) is 61.8 Å². The standard InChI is InChI=1S/C25H32N4O5/c1-16(2)29-14-11-18(15-27-24(32)34-25(3,4)5)33-21-19(23(29)31)7-6-8-20(21)28-22(30)17-9-12-26-13-10-17/h6-10,12-13,16,18H,11,14-15H2,1-5H3,(H,27,32)(H,28,30)/t18-/m0/s1. The molecular formula is C25H32N4O5. The van der Waals surface area contributed by atoms with E-state index in [9.17, 15) is 14.4 Å². The Hall–Kier alpha value is -3.62. The topological polar surface area (TPSA) is 110 Å². The quantitative estimate of drug-likeness (QED) is 0.690. The van der Waals surface area contributed by atoms with Gasteiger partial charge >= 0.3 is 6.09 Å². The van der Waals surface area contributed by atoms with Gasteiger partial charge in [-0.25, -0.2) is 4.79 Å². The maximum atomic E-state index is 13.3. The minimum Gasteiger partial charge on any atom is -0.485 e. The van der Waals surface area contributed by atoms with E-state index in [2.05, 4.69) is 15.6 Å². The van der Waals surface area contributed by atoms with Crippen molar-refractivity contribution >= 4 is 23.6 Å². The van der Waals surface area contributed by atoms with Gasteiger partial charge in [-0.05, 0) is 58.9 Å². The summed E-state index contributed by atoms with van der Waals surface area (Å²) < 4.78 is 11.6. The van der Waals surface area contributed by atoms with Crippen LogP contribution >= 0.6 is 0 Å². The number of benzene rings is 1. The highest BCUT2D eigenvalue weighted by molar-refractivity contribution is 6.07. The second-order valence-corrected chi connectivity index (χ2v) is 9.38. The molecular weight excluding hydrogens is 436 g/mol. The molecule has 1 aliphatic rings. The van der Waals surface area contributed by atoms with Crippen LogP contribution in [0.3, 0.4) is 0 Å². The molecule has 0 fully saturated rings. The summed E-state index contributed by atoms with van der Waals surface area (Å²) in [5, 5.41) is 5.59. The van der Waals surface area contributed by atoms with E-state index >= 15 is 0 Å². The van der Waals surface area contributed by atoms with Gasteiger partial charge in [0.15, 0.2) is 5.75 Å². The largest absolute Gasteiger partial charge is 0.485 e. The number of carbonyl (C=O) groups is 3. The normalized spacial score (nSPS) is 16.1. The summed E-state index contributed by atoms with van der Waals surface area (Å²) in [6.07, 6.45) is 2.56. The van der Waals surface area contributed by atoms with Crippen LogP contribution in [0.25, 0.3) is 0 Å². The molecule has 9 heteroatoms. The minimum atomic E-state index is -0.621. The summed E-state index contributed by atoms with van der Waals surface area (Å²) in [6, 6.07) is 8.23. The maximum Gasteiger partial charge on any atom is 0.407 e. The molecule has 3 rings (SSSR count). The van der Waals surface area contributed by atoms with E-state index in [1.54, 1.807) is 56.0 Å². The summed E-state index contributed by atoms with van der Waals surface area (Å²) >= 11 is 0. The van der Waals surface area contributed by atoms with E-state index in [4.69, 9.17) is 9.47 Å². The number of aromatic nitrogens is 1. The zero-order chi connectivity index (χ0) is 24.9. The van der Waals surface area contributed by atoms with Crippen molar-refractivity contribution in [3.8, 4) is 5.75 Å². The molecule has 1 aromatic carbocycles. The Bertz CT molecular complexity index is 1030. The smallest absolute Gasteiger partial charge is 0.407 e. The van der Waals surface area contributed by atoms with E-state index in [0.717, 1.165) is 0 Å². The summed E-state index contributed by atoms with van der Waals surface area (Å²) in [5.74, 6) is -0.252. The first-order valence-electron chi connectivity index (χ1n) is 11.3. The number of amides is 3. The van der Waals surface area contributed by atoms with E-state index in [1.165, 1.54) is 12.4 Å². The molecule has 0 unspecified atom stereocenters. The van der Waals surface area contributed by atoms with Gasteiger partial charge in [0.25, 0.3) is 11.8 Å². The van der Waals surface area contributed by atoms with Crippen molar-refractivity contribution in [2.75, 3.05) is 18.4 Å². The zero-order valence-corrected chi connectivity index (χ0v) is 20.3. The van der Waals surface area contributed by atoms with E-state index in [0.29, 0.717) is 29.8 Å². The Morgan fingerprint density at radius 3 is 2.56 bits per heavy atom. The number of alkyl carbamates (subject to hydrolysis) is 1. The van der Waals surface area contributed by atoms with Gasteiger partial charge in [-0.2, -0.15) is 0 Å². The summed E-state index contributed by atoms with van der Waals surface area (Å²) in [5.41, 5.74) is 0.532. The fourth-order valence-electron chi connectivity index (χ4n) is 3.54. The molecule has 34 heavy (non-hydrogen) atoms. The van der Waals surface area contributed by atoms with Crippen LogP contribution in [0.4, 0.5) is 10.5 Å². The third kappa shape index (κ3) is 6.46. The second kappa shape index (κ2) is 10.5. The molecule has 0 saturated heterocycles. The minimum absolute atomic E-state index is 0.0343. The van der Waals surface area contributed by atoms with Crippen LogP contribution in [0.5, 0.6) is 5.75 Å². The predicted molar refractivity (Wildman–Crippen MR) is 128 cm³/mol. The monoisotopic (exact) mass is 468 g/mol. The lowest BCUT2D eigenvalue weighted by atomic mass is 10.1. The Kier molecular flexibility index (Phi) is 7.75. The van der Waals surface area contributed by atoms with Crippen LogP contribution in [0, 0.1) is 0 Å². The van der Waals surface area contributed by atoms with E-state index in [1.807, 2.05) is 13.8 Å². The van der Waals surface area contributed by atoms with Crippen LogP contribution in [-0.4, -0.2) is 58.6 Å².